The number of aliphatic carboxylic acids is 1. The van der Waals surface area contributed by atoms with Gasteiger partial charge in [0.2, 0.25) is 5.91 Å². The van der Waals surface area contributed by atoms with E-state index >= 15 is 0 Å². The zero-order valence-electron chi connectivity index (χ0n) is 26.4. The molecule has 246 valence electrons. The second-order valence-corrected chi connectivity index (χ2v) is 12.5. The Morgan fingerprint density at radius 1 is 0.848 bits per heavy atom. The number of carbonyl (C=O) groups excluding carboxylic acids is 1. The van der Waals surface area contributed by atoms with E-state index in [1.54, 1.807) is 0 Å². The number of nitrogens with zero attached hydrogens (tertiary/aromatic N) is 1. The highest BCUT2D eigenvalue weighted by Gasteiger charge is 2.34. The Labute approximate surface area is 271 Å². The topological polar surface area (TPSA) is 129 Å². The molecule has 9 nitrogen and oxygen atoms in total. The van der Waals surface area contributed by atoms with Crippen LogP contribution in [0.15, 0.2) is 72.8 Å². The van der Waals surface area contributed by atoms with Crippen LogP contribution in [0.5, 0.6) is 0 Å². The minimum Gasteiger partial charge on any atom is -0.481 e. The van der Waals surface area contributed by atoms with Gasteiger partial charge in [0.25, 0.3) is 0 Å². The van der Waals surface area contributed by atoms with E-state index in [-0.39, 0.29) is 37.2 Å². The molecule has 0 unspecified atom stereocenters. The maximum atomic E-state index is 12.4. The maximum Gasteiger partial charge on any atom is 0.303 e. The number of rotatable bonds is 15. The van der Waals surface area contributed by atoms with Crippen molar-refractivity contribution in [1.82, 2.24) is 10.2 Å². The number of amides is 1. The Morgan fingerprint density at radius 2 is 1.59 bits per heavy atom. The largest absolute Gasteiger partial charge is 0.481 e. The van der Waals surface area contributed by atoms with E-state index in [2.05, 4.69) is 34.5 Å². The molecular weight excluding hydrogens is 584 g/mol. The predicted molar refractivity (Wildman–Crippen MR) is 175 cm³/mol. The van der Waals surface area contributed by atoms with Gasteiger partial charge in [-0.2, -0.15) is 0 Å². The molecule has 5 rings (SSSR count). The minimum absolute atomic E-state index is 0.00391. The summed E-state index contributed by atoms with van der Waals surface area (Å²) in [7, 11) is 0. The number of carbonyl (C=O) groups is 2. The number of aliphatic hydroxyl groups is 2. The van der Waals surface area contributed by atoms with Crippen molar-refractivity contribution < 1.29 is 34.4 Å². The van der Waals surface area contributed by atoms with Crippen LogP contribution in [0.3, 0.4) is 0 Å². The predicted octanol–water partition coefficient (Wildman–Crippen LogP) is 5.50. The molecule has 0 bridgehead atoms. The zero-order valence-corrected chi connectivity index (χ0v) is 26.4. The van der Waals surface area contributed by atoms with Gasteiger partial charge in [-0.3, -0.25) is 14.5 Å². The van der Waals surface area contributed by atoms with Crippen LogP contribution >= 0.6 is 0 Å². The molecule has 1 amide bonds. The monoisotopic (exact) mass is 630 g/mol. The van der Waals surface area contributed by atoms with Crippen molar-refractivity contribution in [3.05, 3.63) is 95.1 Å². The SMILES string of the molecule is O=C(O)CCCCCCC(=O)NCc1cccc(-c2cccc([C@H]3O[C@@H](CN4CC[C@H](O)C4)C[C@@H](c4ccc(CO)cc4)O3)c2)c1. The average Bonchev–Trinajstić information content (AvgIpc) is 3.49. The lowest BCUT2D eigenvalue weighted by Gasteiger charge is -2.38. The first-order valence-electron chi connectivity index (χ1n) is 16.4. The summed E-state index contributed by atoms with van der Waals surface area (Å²) in [4.78, 5) is 25.3. The second-order valence-electron chi connectivity index (χ2n) is 12.5. The van der Waals surface area contributed by atoms with Crippen LogP contribution in [0.25, 0.3) is 11.1 Å². The van der Waals surface area contributed by atoms with E-state index in [1.165, 1.54) is 0 Å². The highest BCUT2D eigenvalue weighted by Crippen LogP contribution is 2.39. The second kappa shape index (κ2) is 16.8. The third-order valence-corrected chi connectivity index (χ3v) is 8.78. The number of carboxylic acids is 1. The van der Waals surface area contributed by atoms with E-state index < -0.39 is 12.3 Å². The van der Waals surface area contributed by atoms with Crippen molar-refractivity contribution in [2.45, 2.75) is 89.1 Å². The fourth-order valence-corrected chi connectivity index (χ4v) is 6.23. The van der Waals surface area contributed by atoms with Crippen molar-refractivity contribution in [3.8, 4) is 11.1 Å². The van der Waals surface area contributed by atoms with Gasteiger partial charge in [-0.15, -0.1) is 0 Å². The summed E-state index contributed by atoms with van der Waals surface area (Å²) < 4.78 is 13.1. The number of carboxylic acid groups (broad SMARTS) is 1. The number of hydrogen-bond acceptors (Lipinski definition) is 7. The Balaban J connectivity index is 1.23. The first kappa shape index (κ1) is 33.8. The summed E-state index contributed by atoms with van der Waals surface area (Å²) in [5, 5.41) is 31.3. The van der Waals surface area contributed by atoms with Crippen LogP contribution in [0.4, 0.5) is 0 Å². The van der Waals surface area contributed by atoms with Crippen molar-refractivity contribution >= 4 is 11.9 Å². The molecule has 3 aromatic carbocycles. The molecule has 0 radical (unpaired) electrons. The molecule has 0 spiro atoms. The number of aliphatic hydroxyl groups excluding tert-OH is 2. The molecule has 46 heavy (non-hydrogen) atoms. The third kappa shape index (κ3) is 9.95. The van der Waals surface area contributed by atoms with Crippen molar-refractivity contribution in [3.63, 3.8) is 0 Å². The Morgan fingerprint density at radius 3 is 2.30 bits per heavy atom. The lowest BCUT2D eigenvalue weighted by atomic mass is 9.98. The van der Waals surface area contributed by atoms with Crippen LogP contribution in [0.2, 0.25) is 0 Å². The van der Waals surface area contributed by atoms with Gasteiger partial charge in [0, 0.05) is 51.0 Å². The summed E-state index contributed by atoms with van der Waals surface area (Å²) >= 11 is 0. The zero-order chi connectivity index (χ0) is 32.3. The van der Waals surface area contributed by atoms with Crippen LogP contribution in [0.1, 0.15) is 86.0 Å². The van der Waals surface area contributed by atoms with Gasteiger partial charge in [0.05, 0.1) is 24.9 Å². The van der Waals surface area contributed by atoms with Crippen LogP contribution < -0.4 is 5.32 Å². The standard InChI is InChI=1S/C37H46N2O7/c40-25-26-13-15-28(16-14-26)34-21-33(24-39-18-17-32(41)23-39)45-37(46-34)31-10-6-9-30(20-31)29-8-5-7-27(19-29)22-38-35(42)11-3-1-2-4-12-36(43)44/h5-10,13-16,19-20,32-34,37,40-41H,1-4,11-12,17-18,21-25H2,(H,38,42)(H,43,44)/t32-,33+,34-,37-/m0/s1. The van der Waals surface area contributed by atoms with Crippen molar-refractivity contribution in [1.29, 1.82) is 0 Å². The Hall–Kier alpha value is -3.60. The molecule has 2 aliphatic rings. The fourth-order valence-electron chi connectivity index (χ4n) is 6.23. The van der Waals surface area contributed by atoms with E-state index in [4.69, 9.17) is 14.6 Å². The first-order valence-corrected chi connectivity index (χ1v) is 16.4. The molecule has 0 aliphatic carbocycles. The van der Waals surface area contributed by atoms with Crippen LogP contribution in [-0.2, 0) is 32.2 Å². The number of ether oxygens (including phenoxy) is 2. The fraction of sp³-hybridized carbons (Fsp3) is 0.459. The summed E-state index contributed by atoms with van der Waals surface area (Å²) in [6.45, 7) is 2.66. The van der Waals surface area contributed by atoms with Gasteiger partial charge in [-0.1, -0.05) is 73.5 Å². The van der Waals surface area contributed by atoms with Gasteiger partial charge >= 0.3 is 5.97 Å². The van der Waals surface area contributed by atoms with Crippen molar-refractivity contribution in [2.24, 2.45) is 0 Å². The van der Waals surface area contributed by atoms with E-state index in [0.717, 1.165) is 72.2 Å². The van der Waals surface area contributed by atoms with Crippen LogP contribution in [0, 0.1) is 0 Å². The molecule has 2 fully saturated rings. The minimum atomic E-state index is -0.777. The number of nitrogens with one attached hydrogen (secondary N) is 1. The molecule has 9 heteroatoms. The van der Waals surface area contributed by atoms with Gasteiger partial charge < -0.3 is 30.1 Å². The van der Waals surface area contributed by atoms with Gasteiger partial charge in [-0.05, 0) is 59.2 Å². The van der Waals surface area contributed by atoms with Gasteiger partial charge in [0.15, 0.2) is 6.29 Å². The summed E-state index contributed by atoms with van der Waals surface area (Å²) in [6.07, 6.45) is 4.03. The number of unbranched alkanes of at least 4 members (excludes halogenated alkanes) is 3. The number of likely N-dealkylation sites (tertiary alicyclic amines) is 1. The summed E-state index contributed by atoms with van der Waals surface area (Å²) in [6, 6.07) is 24.2. The molecule has 0 aromatic heterocycles. The maximum absolute atomic E-state index is 12.4. The third-order valence-electron chi connectivity index (χ3n) is 8.78. The normalized spacial score (nSPS) is 21.7. The number of β-amino-alcohol motifs (C(OH)–C–C–N with tert-alkyl or cyclic N) is 1. The Bertz CT molecular complexity index is 1430. The lowest BCUT2D eigenvalue weighted by molar-refractivity contribution is -0.252. The van der Waals surface area contributed by atoms with E-state index in [1.807, 2.05) is 48.5 Å². The Kier molecular flexibility index (Phi) is 12.3. The molecule has 2 saturated heterocycles. The molecule has 3 aromatic rings. The van der Waals surface area contributed by atoms with Crippen molar-refractivity contribution in [2.75, 3.05) is 19.6 Å². The molecule has 2 aliphatic heterocycles. The first-order chi connectivity index (χ1) is 22.4. The average molecular weight is 631 g/mol. The molecule has 2 heterocycles. The number of hydrogen-bond donors (Lipinski definition) is 4. The van der Waals surface area contributed by atoms with E-state index in [9.17, 15) is 19.8 Å². The summed E-state index contributed by atoms with van der Waals surface area (Å²) in [5.74, 6) is -0.780. The van der Waals surface area contributed by atoms with Gasteiger partial charge in [0.1, 0.15) is 0 Å². The number of benzene rings is 3. The molecule has 4 atom stereocenters. The molecule has 0 saturated carbocycles. The van der Waals surface area contributed by atoms with Gasteiger partial charge in [-0.25, -0.2) is 0 Å². The smallest absolute Gasteiger partial charge is 0.303 e. The van der Waals surface area contributed by atoms with Crippen LogP contribution in [-0.4, -0.2) is 63.9 Å². The highest BCUT2D eigenvalue weighted by molar-refractivity contribution is 5.76. The molecular formula is C37H46N2O7. The highest BCUT2D eigenvalue weighted by atomic mass is 16.7. The van der Waals surface area contributed by atoms with E-state index in [0.29, 0.717) is 32.4 Å². The lowest BCUT2D eigenvalue weighted by Crippen LogP contribution is -2.38. The summed E-state index contributed by atoms with van der Waals surface area (Å²) in [5.41, 5.74) is 5.87. The molecule has 4 N–H and O–H groups in total. The quantitative estimate of drug-likeness (QED) is 0.162.